The summed E-state index contributed by atoms with van der Waals surface area (Å²) in [7, 11) is 0. The van der Waals surface area contributed by atoms with E-state index in [1.165, 1.54) is 6.42 Å². The third-order valence-electron chi connectivity index (χ3n) is 5.36. The number of hydrogen-bond acceptors (Lipinski definition) is 4. The van der Waals surface area contributed by atoms with Crippen LogP contribution in [0.1, 0.15) is 49.9 Å². The summed E-state index contributed by atoms with van der Waals surface area (Å²) < 4.78 is 12.3. The normalized spacial score (nSPS) is 11.4. The van der Waals surface area contributed by atoms with Crippen molar-refractivity contribution in [3.05, 3.63) is 81.8 Å². The summed E-state index contributed by atoms with van der Waals surface area (Å²) in [5.74, 6) is 0.389. The number of rotatable bonds is 12. The van der Waals surface area contributed by atoms with E-state index in [9.17, 15) is 9.59 Å². The molecule has 36 heavy (non-hydrogen) atoms. The molecule has 1 unspecified atom stereocenters. The van der Waals surface area contributed by atoms with Gasteiger partial charge in [0.1, 0.15) is 11.5 Å². The van der Waals surface area contributed by atoms with Gasteiger partial charge in [-0.15, -0.1) is 0 Å². The van der Waals surface area contributed by atoms with Gasteiger partial charge >= 0.3 is 0 Å². The molecular weight excluding hydrogens is 544 g/mol. The molecule has 0 radical (unpaired) electrons. The Morgan fingerprint density at radius 1 is 0.917 bits per heavy atom. The van der Waals surface area contributed by atoms with Gasteiger partial charge in [0.05, 0.1) is 17.2 Å². The summed E-state index contributed by atoms with van der Waals surface area (Å²) >= 11 is 9.52. The molecule has 2 amide bonds. The number of anilines is 2. The first-order valence-corrected chi connectivity index (χ1v) is 13.1. The van der Waals surface area contributed by atoms with Crippen LogP contribution in [0.3, 0.4) is 0 Å². The molecule has 8 heteroatoms. The average molecular weight is 574 g/mol. The molecule has 0 aliphatic rings. The van der Waals surface area contributed by atoms with Gasteiger partial charge in [0.15, 0.2) is 6.10 Å². The molecule has 0 spiro atoms. The lowest BCUT2D eigenvalue weighted by molar-refractivity contribution is -0.122. The number of carbonyl (C=O) groups is 2. The van der Waals surface area contributed by atoms with E-state index in [2.05, 4.69) is 33.5 Å². The van der Waals surface area contributed by atoms with Crippen LogP contribution >= 0.6 is 27.5 Å². The van der Waals surface area contributed by atoms with Crippen LogP contribution in [0, 0.1) is 0 Å². The number of halogens is 2. The summed E-state index contributed by atoms with van der Waals surface area (Å²) in [5, 5.41) is 6.13. The highest BCUT2D eigenvalue weighted by Gasteiger charge is 2.17. The standard InChI is InChI=1S/C28H30BrClN2O4/c1-3-4-5-8-17-35-25-16-11-20(29)18-23(25)28(34)32-22-14-12-21(13-15-22)31-27(33)19(2)36-26-10-7-6-9-24(26)30/h6-7,9-16,18-19H,3-5,8,17H2,1-2H3,(H,31,33)(H,32,34). The molecule has 0 fully saturated rings. The smallest absolute Gasteiger partial charge is 0.265 e. The van der Waals surface area contributed by atoms with Crippen molar-refractivity contribution in [2.24, 2.45) is 0 Å². The minimum absolute atomic E-state index is 0.279. The predicted molar refractivity (Wildman–Crippen MR) is 148 cm³/mol. The lowest BCUT2D eigenvalue weighted by atomic mass is 10.1. The Morgan fingerprint density at radius 2 is 1.61 bits per heavy atom. The minimum Gasteiger partial charge on any atom is -0.493 e. The fourth-order valence-electron chi connectivity index (χ4n) is 3.38. The van der Waals surface area contributed by atoms with Gasteiger partial charge in [0, 0.05) is 15.8 Å². The molecule has 0 heterocycles. The zero-order valence-electron chi connectivity index (χ0n) is 20.4. The first-order chi connectivity index (χ1) is 17.4. The SMILES string of the molecule is CCCCCCOc1ccc(Br)cc1C(=O)Nc1ccc(NC(=O)C(C)Oc2ccccc2Cl)cc1. The number of ether oxygens (including phenoxy) is 2. The van der Waals surface area contributed by atoms with E-state index < -0.39 is 6.10 Å². The molecule has 0 aromatic heterocycles. The van der Waals surface area contributed by atoms with Gasteiger partial charge in [0.2, 0.25) is 0 Å². The van der Waals surface area contributed by atoms with E-state index in [1.807, 2.05) is 6.07 Å². The largest absolute Gasteiger partial charge is 0.493 e. The Hall–Kier alpha value is -3.03. The van der Waals surface area contributed by atoms with E-state index >= 15 is 0 Å². The number of amides is 2. The predicted octanol–water partition coefficient (Wildman–Crippen LogP) is 7.72. The fourth-order valence-corrected chi connectivity index (χ4v) is 3.92. The van der Waals surface area contributed by atoms with Gasteiger partial charge in [-0.3, -0.25) is 9.59 Å². The Bertz CT molecular complexity index is 1170. The number of carbonyl (C=O) groups excluding carboxylic acids is 2. The van der Waals surface area contributed by atoms with Gasteiger partial charge in [-0.2, -0.15) is 0 Å². The maximum Gasteiger partial charge on any atom is 0.265 e. The maximum atomic E-state index is 13.0. The van der Waals surface area contributed by atoms with Crippen LogP contribution in [-0.4, -0.2) is 24.5 Å². The van der Waals surface area contributed by atoms with Gasteiger partial charge in [0.25, 0.3) is 11.8 Å². The van der Waals surface area contributed by atoms with Crippen molar-refractivity contribution in [3.63, 3.8) is 0 Å². The van der Waals surface area contributed by atoms with E-state index in [1.54, 1.807) is 67.6 Å². The number of nitrogens with one attached hydrogen (secondary N) is 2. The molecule has 0 aliphatic heterocycles. The van der Waals surface area contributed by atoms with Crippen LogP contribution in [-0.2, 0) is 4.79 Å². The van der Waals surface area contributed by atoms with Crippen molar-refractivity contribution in [2.45, 2.75) is 45.6 Å². The molecular formula is C28H30BrClN2O4. The summed E-state index contributed by atoms with van der Waals surface area (Å²) in [6.45, 7) is 4.37. The summed E-state index contributed by atoms with van der Waals surface area (Å²) in [4.78, 5) is 25.5. The lowest BCUT2D eigenvalue weighted by Crippen LogP contribution is -2.30. The van der Waals surface area contributed by atoms with Crippen LogP contribution in [0.15, 0.2) is 71.2 Å². The first-order valence-electron chi connectivity index (χ1n) is 11.9. The van der Waals surface area contributed by atoms with Crippen molar-refractivity contribution in [2.75, 3.05) is 17.2 Å². The van der Waals surface area contributed by atoms with Crippen LogP contribution < -0.4 is 20.1 Å². The van der Waals surface area contributed by atoms with E-state index in [0.717, 1.165) is 23.7 Å². The molecule has 0 bridgehead atoms. The van der Waals surface area contributed by atoms with Crippen LogP contribution in [0.5, 0.6) is 11.5 Å². The van der Waals surface area contributed by atoms with Gasteiger partial charge in [-0.05, 0) is 67.9 Å². The third-order valence-corrected chi connectivity index (χ3v) is 6.17. The summed E-state index contributed by atoms with van der Waals surface area (Å²) in [6, 6.07) is 19.2. The molecule has 0 saturated heterocycles. The quantitative estimate of drug-likeness (QED) is 0.218. The number of para-hydroxylation sites is 1. The first kappa shape index (κ1) is 27.6. The fraction of sp³-hybridized carbons (Fsp3) is 0.286. The van der Waals surface area contributed by atoms with Crippen molar-refractivity contribution in [1.82, 2.24) is 0 Å². The molecule has 0 saturated carbocycles. The van der Waals surface area contributed by atoms with Crippen LogP contribution in [0.4, 0.5) is 11.4 Å². The lowest BCUT2D eigenvalue weighted by Gasteiger charge is -2.16. The molecule has 1 atom stereocenters. The molecule has 3 rings (SSSR count). The number of hydrogen-bond donors (Lipinski definition) is 2. The molecule has 3 aromatic carbocycles. The third kappa shape index (κ3) is 8.28. The highest BCUT2D eigenvalue weighted by atomic mass is 79.9. The van der Waals surface area contributed by atoms with Gasteiger partial charge in [-0.25, -0.2) is 0 Å². The second kappa shape index (κ2) is 13.9. The Labute approximate surface area is 225 Å². The average Bonchev–Trinajstić information content (AvgIpc) is 2.87. The van der Waals surface area contributed by atoms with Gasteiger partial charge in [-0.1, -0.05) is 65.8 Å². The summed E-state index contributed by atoms with van der Waals surface area (Å²) in [6.07, 6.45) is 3.62. The zero-order valence-corrected chi connectivity index (χ0v) is 22.7. The van der Waals surface area contributed by atoms with Crippen LogP contribution in [0.25, 0.3) is 0 Å². The molecule has 190 valence electrons. The number of unbranched alkanes of at least 4 members (excludes halogenated alkanes) is 3. The second-order valence-electron chi connectivity index (χ2n) is 8.26. The topological polar surface area (TPSA) is 76.7 Å². The van der Waals surface area contributed by atoms with E-state index in [0.29, 0.717) is 40.1 Å². The summed E-state index contributed by atoms with van der Waals surface area (Å²) in [5.41, 5.74) is 1.61. The van der Waals surface area contributed by atoms with Crippen LogP contribution in [0.2, 0.25) is 5.02 Å². The van der Waals surface area contributed by atoms with Crippen molar-refractivity contribution in [3.8, 4) is 11.5 Å². The maximum absolute atomic E-state index is 13.0. The molecule has 6 nitrogen and oxygen atoms in total. The highest BCUT2D eigenvalue weighted by molar-refractivity contribution is 9.10. The van der Waals surface area contributed by atoms with E-state index in [-0.39, 0.29) is 11.8 Å². The second-order valence-corrected chi connectivity index (χ2v) is 9.58. The van der Waals surface area contributed by atoms with E-state index in [4.69, 9.17) is 21.1 Å². The monoisotopic (exact) mass is 572 g/mol. The van der Waals surface area contributed by atoms with Gasteiger partial charge < -0.3 is 20.1 Å². The Kier molecular flexibility index (Phi) is 10.6. The van der Waals surface area contributed by atoms with Crippen molar-refractivity contribution in [1.29, 1.82) is 0 Å². The minimum atomic E-state index is -0.749. The van der Waals surface area contributed by atoms with Crippen molar-refractivity contribution >= 4 is 50.7 Å². The Morgan fingerprint density at radius 3 is 2.31 bits per heavy atom. The van der Waals surface area contributed by atoms with Crippen molar-refractivity contribution < 1.29 is 19.1 Å². The number of benzene rings is 3. The molecule has 2 N–H and O–H groups in total. The molecule has 3 aromatic rings. The molecule has 0 aliphatic carbocycles. The highest BCUT2D eigenvalue weighted by Crippen LogP contribution is 2.26. The Balaban J connectivity index is 1.57. The zero-order chi connectivity index (χ0) is 25.9.